The Kier molecular flexibility index (Phi) is 5.24. The summed E-state index contributed by atoms with van der Waals surface area (Å²) in [6, 6.07) is 16.8. The molecular formula is C25H25N5S. The van der Waals surface area contributed by atoms with E-state index >= 15 is 0 Å². The maximum absolute atomic E-state index is 4.44. The molecule has 5 rings (SSSR count). The second-order valence-electron chi connectivity index (χ2n) is 8.04. The fraction of sp³-hybridized carbons (Fsp3) is 0.240. The third-order valence-electron chi connectivity index (χ3n) is 5.91. The number of aromatic nitrogens is 5. The Balaban J connectivity index is 1.40. The Morgan fingerprint density at radius 3 is 2.61 bits per heavy atom. The van der Waals surface area contributed by atoms with Gasteiger partial charge in [0.05, 0.1) is 11.2 Å². The first-order valence-corrected chi connectivity index (χ1v) is 11.6. The quantitative estimate of drug-likeness (QED) is 0.365. The molecular weight excluding hydrogens is 402 g/mol. The van der Waals surface area contributed by atoms with E-state index in [1.54, 1.807) is 16.4 Å². The minimum absolute atomic E-state index is 0.718. The smallest absolute Gasteiger partial charge is 0.214 e. The van der Waals surface area contributed by atoms with Crippen LogP contribution in [0, 0.1) is 0 Å². The van der Waals surface area contributed by atoms with Gasteiger partial charge in [0.15, 0.2) is 0 Å². The highest BCUT2D eigenvalue weighted by molar-refractivity contribution is 7.99. The normalized spacial score (nSPS) is 13.3. The van der Waals surface area contributed by atoms with Crippen LogP contribution < -0.4 is 0 Å². The summed E-state index contributed by atoms with van der Waals surface area (Å²) in [7, 11) is 0. The summed E-state index contributed by atoms with van der Waals surface area (Å²) in [6.45, 7) is 10.4. The lowest BCUT2D eigenvalue weighted by molar-refractivity contribution is 0.668. The topological polar surface area (TPSA) is 48.5 Å². The van der Waals surface area contributed by atoms with Crippen molar-refractivity contribution in [3.63, 3.8) is 0 Å². The highest BCUT2D eigenvalue weighted by atomic mass is 32.2. The van der Waals surface area contributed by atoms with E-state index in [0.29, 0.717) is 0 Å². The molecule has 0 bridgehead atoms. The lowest BCUT2D eigenvalue weighted by Gasteiger charge is -2.17. The zero-order chi connectivity index (χ0) is 21.4. The SMILES string of the molecule is C=C(C)c1ccc(-n2nnnc2SCC(=C)n2c3c(c4ccccc42)CCCC3)cc1. The van der Waals surface area contributed by atoms with Gasteiger partial charge < -0.3 is 4.57 Å². The predicted octanol–water partition coefficient (Wildman–Crippen LogP) is 5.79. The van der Waals surface area contributed by atoms with Crippen molar-refractivity contribution in [2.24, 2.45) is 0 Å². The minimum atomic E-state index is 0.718. The molecule has 2 aromatic heterocycles. The number of rotatable bonds is 6. The zero-order valence-corrected chi connectivity index (χ0v) is 18.5. The van der Waals surface area contributed by atoms with Gasteiger partial charge in [0, 0.05) is 22.5 Å². The van der Waals surface area contributed by atoms with E-state index in [4.69, 9.17) is 0 Å². The Morgan fingerprint density at radius 2 is 1.81 bits per heavy atom. The molecule has 0 saturated heterocycles. The highest BCUT2D eigenvalue weighted by Crippen LogP contribution is 2.35. The summed E-state index contributed by atoms with van der Waals surface area (Å²) in [5, 5.41) is 14.5. The predicted molar refractivity (Wildman–Crippen MR) is 128 cm³/mol. The second-order valence-corrected chi connectivity index (χ2v) is 8.98. The van der Waals surface area contributed by atoms with Gasteiger partial charge in [-0.3, -0.25) is 0 Å². The lowest BCUT2D eigenvalue weighted by atomic mass is 9.95. The van der Waals surface area contributed by atoms with E-state index in [1.807, 2.05) is 31.2 Å². The highest BCUT2D eigenvalue weighted by Gasteiger charge is 2.21. The summed E-state index contributed by atoms with van der Waals surface area (Å²) in [5.41, 5.74) is 8.34. The molecule has 5 nitrogen and oxygen atoms in total. The van der Waals surface area contributed by atoms with Gasteiger partial charge in [-0.05, 0) is 72.4 Å². The molecule has 0 spiro atoms. The summed E-state index contributed by atoms with van der Waals surface area (Å²) >= 11 is 1.61. The van der Waals surface area contributed by atoms with Crippen molar-refractivity contribution >= 4 is 33.9 Å². The molecule has 156 valence electrons. The van der Waals surface area contributed by atoms with Crippen LogP contribution in [0.5, 0.6) is 0 Å². The van der Waals surface area contributed by atoms with Crippen molar-refractivity contribution in [1.29, 1.82) is 0 Å². The first-order valence-electron chi connectivity index (χ1n) is 10.6. The molecule has 0 N–H and O–H groups in total. The maximum Gasteiger partial charge on any atom is 0.214 e. The number of hydrogen-bond acceptors (Lipinski definition) is 4. The number of fused-ring (bicyclic) bond motifs is 3. The molecule has 0 atom stereocenters. The standard InChI is InChI=1S/C25H25N5S/c1-17(2)19-12-14-20(15-13-19)30-25(26-27-28-30)31-16-18(3)29-23-10-6-4-8-21(23)22-9-5-7-11-24(22)29/h4,6,8,10,12-15H,1,3,5,7,9,11,16H2,2H3. The van der Waals surface area contributed by atoms with Gasteiger partial charge in [-0.1, -0.05) is 60.8 Å². The summed E-state index contributed by atoms with van der Waals surface area (Å²) in [5.74, 6) is 0.718. The molecule has 31 heavy (non-hydrogen) atoms. The van der Waals surface area contributed by atoms with Gasteiger partial charge >= 0.3 is 0 Å². The van der Waals surface area contributed by atoms with Crippen molar-refractivity contribution in [2.45, 2.75) is 37.8 Å². The van der Waals surface area contributed by atoms with Crippen LogP contribution in [0.1, 0.15) is 36.6 Å². The third-order valence-corrected chi connectivity index (χ3v) is 6.90. The van der Waals surface area contributed by atoms with Gasteiger partial charge in [-0.2, -0.15) is 4.68 Å². The maximum atomic E-state index is 4.44. The molecule has 1 aliphatic carbocycles. The van der Waals surface area contributed by atoms with Crippen LogP contribution in [0.3, 0.4) is 0 Å². The zero-order valence-electron chi connectivity index (χ0n) is 17.7. The van der Waals surface area contributed by atoms with E-state index in [0.717, 1.165) is 46.3 Å². The number of tetrazole rings is 1. The second kappa shape index (κ2) is 8.19. The Bertz CT molecular complexity index is 1280. The number of benzene rings is 2. The fourth-order valence-corrected chi connectivity index (χ4v) is 5.17. The number of nitrogens with zero attached hydrogens (tertiary/aromatic N) is 5. The Labute approximate surface area is 186 Å². The molecule has 6 heteroatoms. The van der Waals surface area contributed by atoms with Crippen molar-refractivity contribution in [3.8, 4) is 5.69 Å². The monoisotopic (exact) mass is 427 g/mol. The third kappa shape index (κ3) is 3.61. The Morgan fingerprint density at radius 1 is 1.03 bits per heavy atom. The van der Waals surface area contributed by atoms with Crippen molar-refractivity contribution in [1.82, 2.24) is 24.8 Å². The number of para-hydroxylation sites is 1. The van der Waals surface area contributed by atoms with Crippen molar-refractivity contribution in [3.05, 3.63) is 78.5 Å². The summed E-state index contributed by atoms with van der Waals surface area (Å²) in [4.78, 5) is 0. The van der Waals surface area contributed by atoms with Gasteiger partial charge in [-0.25, -0.2) is 0 Å². The number of thioether (sulfide) groups is 1. The van der Waals surface area contributed by atoms with E-state index in [2.05, 4.69) is 57.5 Å². The van der Waals surface area contributed by atoms with E-state index in [9.17, 15) is 0 Å². The molecule has 2 aromatic carbocycles. The van der Waals surface area contributed by atoms with E-state index < -0.39 is 0 Å². The van der Waals surface area contributed by atoms with Crippen LogP contribution in [0.15, 0.2) is 66.8 Å². The lowest BCUT2D eigenvalue weighted by Crippen LogP contribution is -2.09. The first-order chi connectivity index (χ1) is 15.1. The fourth-order valence-electron chi connectivity index (χ4n) is 4.39. The largest absolute Gasteiger partial charge is 0.317 e. The molecule has 0 unspecified atom stereocenters. The van der Waals surface area contributed by atoms with Crippen LogP contribution >= 0.6 is 11.8 Å². The van der Waals surface area contributed by atoms with Crippen LogP contribution in [0.2, 0.25) is 0 Å². The van der Waals surface area contributed by atoms with Crippen LogP contribution in [0.4, 0.5) is 0 Å². The van der Waals surface area contributed by atoms with Gasteiger partial charge in [0.2, 0.25) is 5.16 Å². The molecule has 4 aromatic rings. The van der Waals surface area contributed by atoms with Crippen LogP contribution in [0.25, 0.3) is 27.9 Å². The average molecular weight is 428 g/mol. The molecule has 0 aliphatic heterocycles. The number of hydrogen-bond donors (Lipinski definition) is 0. The number of aryl methyl sites for hydroxylation is 1. The summed E-state index contributed by atoms with van der Waals surface area (Å²) < 4.78 is 4.15. The first kappa shape index (κ1) is 19.8. The summed E-state index contributed by atoms with van der Waals surface area (Å²) in [6.07, 6.45) is 4.77. The van der Waals surface area contributed by atoms with Gasteiger partial charge in [0.25, 0.3) is 0 Å². The molecule has 2 heterocycles. The van der Waals surface area contributed by atoms with Gasteiger partial charge in [0.1, 0.15) is 0 Å². The van der Waals surface area contributed by atoms with Crippen LogP contribution in [-0.4, -0.2) is 30.5 Å². The molecule has 0 radical (unpaired) electrons. The van der Waals surface area contributed by atoms with Crippen molar-refractivity contribution < 1.29 is 0 Å². The van der Waals surface area contributed by atoms with Crippen molar-refractivity contribution in [2.75, 3.05) is 5.75 Å². The molecule has 0 saturated carbocycles. The average Bonchev–Trinajstić information content (AvgIpc) is 3.40. The Hall–Kier alpha value is -3.12. The minimum Gasteiger partial charge on any atom is -0.317 e. The van der Waals surface area contributed by atoms with E-state index in [1.165, 1.54) is 35.0 Å². The molecule has 1 aliphatic rings. The molecule has 0 fully saturated rings. The van der Waals surface area contributed by atoms with E-state index in [-0.39, 0.29) is 0 Å². The van der Waals surface area contributed by atoms with Crippen LogP contribution in [-0.2, 0) is 12.8 Å². The van der Waals surface area contributed by atoms with Gasteiger partial charge in [-0.15, -0.1) is 5.10 Å². The molecule has 0 amide bonds. The number of allylic oxidation sites excluding steroid dienone is 1.